The van der Waals surface area contributed by atoms with Crippen LogP contribution in [0.1, 0.15) is 51.0 Å². The highest BCUT2D eigenvalue weighted by atomic mass is 35.5. The van der Waals surface area contributed by atoms with Gasteiger partial charge < -0.3 is 15.0 Å². The number of ether oxygens (including phenoxy) is 1. The van der Waals surface area contributed by atoms with Crippen molar-refractivity contribution in [2.45, 2.75) is 74.5 Å². The summed E-state index contributed by atoms with van der Waals surface area (Å²) in [4.78, 5) is 18.1. The van der Waals surface area contributed by atoms with Gasteiger partial charge in [-0.05, 0) is 82.5 Å². The molecule has 1 amide bonds. The number of rotatable bonds is 10. The first-order valence-electron chi connectivity index (χ1n) is 16.0. The molecule has 3 aliphatic rings. The maximum Gasteiger partial charge on any atom is 0.248 e. The molecule has 2 aliphatic heterocycles. The van der Waals surface area contributed by atoms with Gasteiger partial charge in [-0.25, -0.2) is 8.42 Å². The quantitative estimate of drug-likeness (QED) is 0.341. The molecular formula is C33H45Cl3N4O4S. The summed E-state index contributed by atoms with van der Waals surface area (Å²) in [6.45, 7) is 7.18. The topological polar surface area (TPSA) is 82.2 Å². The van der Waals surface area contributed by atoms with Crippen LogP contribution in [-0.4, -0.2) is 99.0 Å². The summed E-state index contributed by atoms with van der Waals surface area (Å²) < 4.78 is 34.3. The van der Waals surface area contributed by atoms with Gasteiger partial charge in [0.1, 0.15) is 11.0 Å². The molecule has 1 N–H and O–H groups in total. The zero-order valence-electron chi connectivity index (χ0n) is 26.2. The molecular weight excluding hydrogens is 655 g/mol. The van der Waals surface area contributed by atoms with Gasteiger partial charge in [-0.3, -0.25) is 9.69 Å². The number of hydrogen-bond donors (Lipinski definition) is 1. The van der Waals surface area contributed by atoms with Gasteiger partial charge in [0, 0.05) is 56.4 Å². The summed E-state index contributed by atoms with van der Waals surface area (Å²) in [5.74, 6) is 0.251. The molecule has 0 aromatic heterocycles. The molecule has 3 fully saturated rings. The van der Waals surface area contributed by atoms with Crippen LogP contribution in [0, 0.1) is 5.92 Å². The smallest absolute Gasteiger partial charge is 0.248 e. The predicted octanol–water partition coefficient (Wildman–Crippen LogP) is 5.74. The molecule has 12 heteroatoms. The van der Waals surface area contributed by atoms with Crippen molar-refractivity contribution < 1.29 is 17.9 Å². The number of carbonyl (C=O) groups excluding carboxylic acids is 1. The van der Waals surface area contributed by atoms with Crippen molar-refractivity contribution in [3.63, 3.8) is 0 Å². The maximum atomic E-state index is 13.4. The van der Waals surface area contributed by atoms with E-state index < -0.39 is 22.2 Å². The van der Waals surface area contributed by atoms with Gasteiger partial charge >= 0.3 is 0 Å². The van der Waals surface area contributed by atoms with E-state index in [2.05, 4.69) is 52.5 Å². The van der Waals surface area contributed by atoms with E-state index in [0.29, 0.717) is 31.8 Å². The minimum absolute atomic E-state index is 0.0214. The molecule has 248 valence electrons. The molecule has 2 saturated heterocycles. The maximum absolute atomic E-state index is 13.4. The highest BCUT2D eigenvalue weighted by Crippen LogP contribution is 2.40. The molecule has 2 unspecified atom stereocenters. The molecule has 0 radical (unpaired) electrons. The van der Waals surface area contributed by atoms with Crippen molar-refractivity contribution >= 4 is 50.7 Å². The van der Waals surface area contributed by atoms with Gasteiger partial charge in [-0.1, -0.05) is 65.1 Å². The van der Waals surface area contributed by atoms with E-state index in [-0.39, 0.29) is 38.0 Å². The number of piperazine rings is 1. The molecule has 45 heavy (non-hydrogen) atoms. The van der Waals surface area contributed by atoms with Crippen LogP contribution in [0.5, 0.6) is 0 Å². The van der Waals surface area contributed by atoms with Gasteiger partial charge in [-0.2, -0.15) is 4.31 Å². The van der Waals surface area contributed by atoms with Crippen LogP contribution < -0.4 is 5.32 Å². The number of sulfonamides is 1. The minimum Gasteiger partial charge on any atom is -0.364 e. The molecule has 0 bridgehead atoms. The number of likely N-dealkylation sites (N-methyl/N-ethyl adjacent to an activating group) is 1. The number of nitrogens with zero attached hydrogens (tertiary/aromatic N) is 3. The molecule has 1 aliphatic carbocycles. The van der Waals surface area contributed by atoms with Gasteiger partial charge in [0.05, 0.1) is 16.1 Å². The van der Waals surface area contributed by atoms with E-state index >= 15 is 0 Å². The van der Waals surface area contributed by atoms with Crippen molar-refractivity contribution in [2.75, 3.05) is 52.9 Å². The van der Waals surface area contributed by atoms with E-state index in [0.717, 1.165) is 58.3 Å². The zero-order chi connectivity index (χ0) is 32.2. The number of piperidine rings is 1. The normalized spacial score (nSPS) is 26.4. The van der Waals surface area contributed by atoms with Gasteiger partial charge in [0.25, 0.3) is 0 Å². The molecule has 2 atom stereocenters. The third kappa shape index (κ3) is 8.54. The van der Waals surface area contributed by atoms with Gasteiger partial charge in [-0.15, -0.1) is 0 Å². The number of hydrogen-bond acceptors (Lipinski definition) is 6. The summed E-state index contributed by atoms with van der Waals surface area (Å²) in [7, 11) is -1.77. The molecule has 8 nitrogen and oxygen atoms in total. The zero-order valence-corrected chi connectivity index (χ0v) is 29.3. The van der Waals surface area contributed by atoms with Crippen molar-refractivity contribution in [2.24, 2.45) is 5.92 Å². The highest BCUT2D eigenvalue weighted by molar-refractivity contribution is 7.89. The average molecular weight is 700 g/mol. The molecule has 2 heterocycles. The van der Waals surface area contributed by atoms with Crippen molar-refractivity contribution in [3.05, 3.63) is 63.1 Å². The summed E-state index contributed by atoms with van der Waals surface area (Å²) in [5, 5.41) is 3.35. The van der Waals surface area contributed by atoms with Crippen LogP contribution in [0.3, 0.4) is 0 Å². The van der Waals surface area contributed by atoms with E-state index in [9.17, 15) is 13.2 Å². The van der Waals surface area contributed by atoms with Crippen LogP contribution in [0.25, 0.3) is 0 Å². The van der Waals surface area contributed by atoms with Gasteiger partial charge in [0.15, 0.2) is 0 Å². The van der Waals surface area contributed by atoms with Crippen molar-refractivity contribution in [1.29, 1.82) is 0 Å². The Kier molecular flexibility index (Phi) is 11.8. The largest absolute Gasteiger partial charge is 0.364 e. The minimum atomic E-state index is -3.97. The second-order valence-electron chi connectivity index (χ2n) is 13.0. The number of halogens is 3. The number of carbonyl (C=O) groups is 1. The third-order valence-electron chi connectivity index (χ3n) is 9.82. The van der Waals surface area contributed by atoms with Crippen molar-refractivity contribution in [3.8, 4) is 0 Å². The van der Waals surface area contributed by atoms with Crippen LogP contribution >= 0.6 is 34.8 Å². The SMILES string of the molecule is CC(OC1CCCN(S(=O)(=O)c2c(Cl)cc(Cl)cc2Cl)C1)C(=O)NCC1CCC(Cc2ccccc2)(N2CCN(C)CC2)CC1. The summed E-state index contributed by atoms with van der Waals surface area (Å²) >= 11 is 18.5. The Hall–Kier alpha value is -1.43. The van der Waals surface area contributed by atoms with Crippen LogP contribution in [0.4, 0.5) is 0 Å². The number of amides is 1. The Bertz CT molecular complexity index is 1390. The highest BCUT2D eigenvalue weighted by Gasteiger charge is 2.41. The molecule has 0 spiro atoms. The van der Waals surface area contributed by atoms with Crippen molar-refractivity contribution in [1.82, 2.24) is 19.4 Å². The Morgan fingerprint density at radius 1 is 1.00 bits per heavy atom. The molecule has 2 aromatic carbocycles. The van der Waals surface area contributed by atoms with Crippen LogP contribution in [-0.2, 0) is 26.0 Å². The number of nitrogens with one attached hydrogen (secondary N) is 1. The first kappa shape index (κ1) is 34.9. The Morgan fingerprint density at radius 2 is 1.64 bits per heavy atom. The van der Waals surface area contributed by atoms with E-state index in [4.69, 9.17) is 39.5 Å². The Labute approximate surface area is 283 Å². The summed E-state index contributed by atoms with van der Waals surface area (Å²) in [6, 6.07) is 13.6. The second-order valence-corrected chi connectivity index (χ2v) is 16.1. The third-order valence-corrected chi connectivity index (χ3v) is 12.8. The number of benzene rings is 2. The lowest BCUT2D eigenvalue weighted by Gasteiger charge is -2.51. The first-order chi connectivity index (χ1) is 21.5. The fourth-order valence-electron chi connectivity index (χ4n) is 7.16. The van der Waals surface area contributed by atoms with E-state index in [1.54, 1.807) is 6.92 Å². The Balaban J connectivity index is 1.13. The predicted molar refractivity (Wildman–Crippen MR) is 181 cm³/mol. The molecule has 5 rings (SSSR count). The van der Waals surface area contributed by atoms with Gasteiger partial charge in [0.2, 0.25) is 15.9 Å². The second kappa shape index (κ2) is 15.2. The lowest BCUT2D eigenvalue weighted by molar-refractivity contribution is -0.137. The van der Waals surface area contributed by atoms with Crippen LogP contribution in [0.2, 0.25) is 15.1 Å². The average Bonchev–Trinajstić information content (AvgIpc) is 3.01. The lowest BCUT2D eigenvalue weighted by Crippen LogP contribution is -2.59. The molecule has 2 aromatic rings. The van der Waals surface area contributed by atoms with E-state index in [1.807, 2.05) is 0 Å². The summed E-state index contributed by atoms with van der Waals surface area (Å²) in [5.41, 5.74) is 1.55. The fourth-order valence-corrected chi connectivity index (χ4v) is 10.2. The lowest BCUT2D eigenvalue weighted by atomic mass is 9.72. The van der Waals surface area contributed by atoms with Crippen LogP contribution in [0.15, 0.2) is 47.4 Å². The van der Waals surface area contributed by atoms with E-state index in [1.165, 1.54) is 22.0 Å². The fraction of sp³-hybridized carbons (Fsp3) is 0.606. The Morgan fingerprint density at radius 3 is 2.29 bits per heavy atom. The monoisotopic (exact) mass is 698 g/mol. The first-order valence-corrected chi connectivity index (χ1v) is 18.6. The summed E-state index contributed by atoms with van der Waals surface area (Å²) in [6.07, 6.45) is 5.57. The molecule has 1 saturated carbocycles. The standard InChI is InChI=1S/C33H45Cl3N4O4S/c1-24(44-28-9-6-14-40(23-28)45(42,43)31-29(35)19-27(34)20-30(31)36)32(41)37-22-26-10-12-33(13-11-26,21-25-7-4-3-5-8-25)39-17-15-38(2)16-18-39/h3-5,7-8,19-20,24,26,28H,6,9-18,21-23H2,1-2H3,(H,37,41).